The molecular weight excluding hydrogens is 333 g/mol. The number of nitrogens with zero attached hydrogens (tertiary/aromatic N) is 3. The molecule has 0 unspecified atom stereocenters. The molecule has 0 aliphatic heterocycles. The smallest absolute Gasteiger partial charge is 0.278 e. The summed E-state index contributed by atoms with van der Waals surface area (Å²) < 4.78 is 20.1. The van der Waals surface area contributed by atoms with Crippen molar-refractivity contribution in [1.82, 2.24) is 14.7 Å². The van der Waals surface area contributed by atoms with Crippen molar-refractivity contribution in [3.63, 3.8) is 0 Å². The Hall–Kier alpha value is -3.15. The molecule has 1 amide bonds. The van der Waals surface area contributed by atoms with Crippen LogP contribution >= 0.6 is 0 Å². The average Bonchev–Trinajstić information content (AvgIpc) is 3.12. The molecule has 2 aromatic carbocycles. The summed E-state index contributed by atoms with van der Waals surface area (Å²) in [5, 5.41) is 4.40. The molecular formula is C20H20FN3O2. The highest BCUT2D eigenvalue weighted by Crippen LogP contribution is 2.25. The molecule has 1 atom stereocenters. The van der Waals surface area contributed by atoms with Crippen LogP contribution in [0, 0.1) is 5.82 Å². The Labute approximate surface area is 151 Å². The SMILES string of the molecule is COc1cn(-c2ccccc2)nc1C(=O)N(C)[C@H](C)c1ccc(F)cc1. The van der Waals surface area contributed by atoms with Crippen LogP contribution in [0.3, 0.4) is 0 Å². The highest BCUT2D eigenvalue weighted by Gasteiger charge is 2.25. The van der Waals surface area contributed by atoms with Gasteiger partial charge in [0.15, 0.2) is 11.4 Å². The molecule has 0 fully saturated rings. The van der Waals surface area contributed by atoms with Crippen molar-refractivity contribution in [3.05, 3.63) is 77.9 Å². The van der Waals surface area contributed by atoms with E-state index < -0.39 is 0 Å². The summed E-state index contributed by atoms with van der Waals surface area (Å²) in [7, 11) is 3.20. The van der Waals surface area contributed by atoms with Crippen molar-refractivity contribution >= 4 is 5.91 Å². The number of benzene rings is 2. The van der Waals surface area contributed by atoms with Crippen LogP contribution in [0.2, 0.25) is 0 Å². The standard InChI is InChI=1S/C20H20FN3O2/c1-14(15-9-11-16(21)12-10-15)23(2)20(25)19-18(26-3)13-24(22-19)17-7-5-4-6-8-17/h4-14H,1-3H3/t14-/m1/s1. The molecule has 5 nitrogen and oxygen atoms in total. The van der Waals surface area contributed by atoms with Crippen molar-refractivity contribution in [2.45, 2.75) is 13.0 Å². The van der Waals surface area contributed by atoms with Crippen LogP contribution in [-0.2, 0) is 0 Å². The zero-order chi connectivity index (χ0) is 18.7. The van der Waals surface area contributed by atoms with Gasteiger partial charge in [-0.05, 0) is 36.8 Å². The van der Waals surface area contributed by atoms with Gasteiger partial charge in [-0.3, -0.25) is 4.79 Å². The molecule has 1 heterocycles. The van der Waals surface area contributed by atoms with Crippen molar-refractivity contribution in [1.29, 1.82) is 0 Å². The quantitative estimate of drug-likeness (QED) is 0.700. The third kappa shape index (κ3) is 3.44. The fourth-order valence-electron chi connectivity index (χ4n) is 2.68. The second-order valence-electron chi connectivity index (χ2n) is 5.97. The zero-order valence-corrected chi connectivity index (χ0v) is 14.9. The number of aromatic nitrogens is 2. The normalized spacial score (nSPS) is 11.8. The van der Waals surface area contributed by atoms with Gasteiger partial charge in [0.05, 0.1) is 25.0 Å². The number of amides is 1. The summed E-state index contributed by atoms with van der Waals surface area (Å²) in [5.74, 6) is -0.177. The molecule has 3 aromatic rings. The van der Waals surface area contributed by atoms with Gasteiger partial charge in [0, 0.05) is 7.05 Å². The maximum absolute atomic E-state index is 13.1. The summed E-state index contributed by atoms with van der Waals surface area (Å²) in [6, 6.07) is 15.4. The summed E-state index contributed by atoms with van der Waals surface area (Å²) in [5.41, 5.74) is 1.90. The molecule has 0 spiro atoms. The summed E-state index contributed by atoms with van der Waals surface area (Å²) in [6.07, 6.45) is 1.68. The minimum atomic E-state index is -0.307. The maximum Gasteiger partial charge on any atom is 0.278 e. The number of para-hydroxylation sites is 1. The van der Waals surface area contributed by atoms with E-state index in [9.17, 15) is 9.18 Å². The average molecular weight is 353 g/mol. The van der Waals surface area contributed by atoms with Crippen LogP contribution in [0.4, 0.5) is 4.39 Å². The first kappa shape index (κ1) is 17.7. The molecule has 0 bridgehead atoms. The topological polar surface area (TPSA) is 47.4 Å². The number of carbonyl (C=O) groups excluding carboxylic acids is 1. The minimum Gasteiger partial charge on any atom is -0.493 e. The fourth-order valence-corrected chi connectivity index (χ4v) is 2.68. The van der Waals surface area contributed by atoms with E-state index in [2.05, 4.69) is 5.10 Å². The molecule has 1 aromatic heterocycles. The number of hydrogen-bond acceptors (Lipinski definition) is 3. The van der Waals surface area contributed by atoms with Crippen LogP contribution < -0.4 is 4.74 Å². The molecule has 0 saturated heterocycles. The van der Waals surface area contributed by atoms with Gasteiger partial charge in [-0.15, -0.1) is 0 Å². The van der Waals surface area contributed by atoms with E-state index in [1.807, 2.05) is 37.3 Å². The predicted molar refractivity (Wildman–Crippen MR) is 97.0 cm³/mol. The first-order chi connectivity index (χ1) is 12.5. The van der Waals surface area contributed by atoms with E-state index in [0.717, 1.165) is 11.3 Å². The molecule has 0 aliphatic carbocycles. The molecule has 6 heteroatoms. The Kier molecular flexibility index (Phi) is 5.02. The largest absolute Gasteiger partial charge is 0.493 e. The fraction of sp³-hybridized carbons (Fsp3) is 0.200. The molecule has 3 rings (SSSR count). The first-order valence-corrected chi connectivity index (χ1v) is 8.23. The molecule has 26 heavy (non-hydrogen) atoms. The van der Waals surface area contributed by atoms with Gasteiger partial charge in [0.1, 0.15) is 5.82 Å². The molecule has 0 aliphatic rings. The number of hydrogen-bond donors (Lipinski definition) is 0. The molecule has 0 saturated carbocycles. The van der Waals surface area contributed by atoms with E-state index in [1.165, 1.54) is 19.2 Å². The van der Waals surface area contributed by atoms with Crippen molar-refractivity contribution < 1.29 is 13.9 Å². The third-order valence-corrected chi connectivity index (χ3v) is 4.38. The number of methoxy groups -OCH3 is 1. The van der Waals surface area contributed by atoms with Gasteiger partial charge in [-0.25, -0.2) is 9.07 Å². The lowest BCUT2D eigenvalue weighted by molar-refractivity contribution is 0.0733. The third-order valence-electron chi connectivity index (χ3n) is 4.38. The first-order valence-electron chi connectivity index (χ1n) is 8.23. The summed E-state index contributed by atoms with van der Waals surface area (Å²) in [6.45, 7) is 1.88. The van der Waals surface area contributed by atoms with E-state index in [0.29, 0.717) is 5.75 Å². The molecule has 0 radical (unpaired) electrons. The van der Waals surface area contributed by atoms with Gasteiger partial charge in [-0.2, -0.15) is 5.10 Å². The van der Waals surface area contributed by atoms with Gasteiger partial charge in [0.25, 0.3) is 5.91 Å². The second kappa shape index (κ2) is 7.39. The minimum absolute atomic E-state index is 0.229. The highest BCUT2D eigenvalue weighted by atomic mass is 19.1. The van der Waals surface area contributed by atoms with Crippen LogP contribution in [0.1, 0.15) is 29.0 Å². The van der Waals surface area contributed by atoms with Gasteiger partial charge in [0.2, 0.25) is 0 Å². The highest BCUT2D eigenvalue weighted by molar-refractivity contribution is 5.95. The van der Waals surface area contributed by atoms with Crippen molar-refractivity contribution in [2.75, 3.05) is 14.2 Å². The monoisotopic (exact) mass is 353 g/mol. The van der Waals surface area contributed by atoms with E-state index in [1.54, 1.807) is 35.0 Å². The number of ether oxygens (including phenoxy) is 1. The van der Waals surface area contributed by atoms with E-state index in [-0.39, 0.29) is 23.5 Å². The van der Waals surface area contributed by atoms with Crippen LogP contribution in [0.25, 0.3) is 5.69 Å². The molecule has 0 N–H and O–H groups in total. The number of carbonyl (C=O) groups is 1. The van der Waals surface area contributed by atoms with Gasteiger partial charge in [-0.1, -0.05) is 30.3 Å². The van der Waals surface area contributed by atoms with Crippen LogP contribution in [0.15, 0.2) is 60.8 Å². The van der Waals surface area contributed by atoms with Crippen LogP contribution in [-0.4, -0.2) is 34.7 Å². The molecule has 134 valence electrons. The number of rotatable bonds is 5. The van der Waals surface area contributed by atoms with Gasteiger partial charge < -0.3 is 9.64 Å². The second-order valence-corrected chi connectivity index (χ2v) is 5.97. The van der Waals surface area contributed by atoms with E-state index >= 15 is 0 Å². The van der Waals surface area contributed by atoms with Gasteiger partial charge >= 0.3 is 0 Å². The summed E-state index contributed by atoms with van der Waals surface area (Å²) >= 11 is 0. The zero-order valence-electron chi connectivity index (χ0n) is 14.9. The Balaban J connectivity index is 1.89. The van der Waals surface area contributed by atoms with Crippen molar-refractivity contribution in [2.24, 2.45) is 0 Å². The Morgan fingerprint density at radius 1 is 1.15 bits per heavy atom. The van der Waals surface area contributed by atoms with E-state index in [4.69, 9.17) is 4.74 Å². The Morgan fingerprint density at radius 3 is 2.42 bits per heavy atom. The van der Waals surface area contributed by atoms with Crippen LogP contribution in [0.5, 0.6) is 5.75 Å². The van der Waals surface area contributed by atoms with Crippen molar-refractivity contribution in [3.8, 4) is 11.4 Å². The Bertz CT molecular complexity index is 891. The maximum atomic E-state index is 13.1. The lowest BCUT2D eigenvalue weighted by Gasteiger charge is -2.24. The lowest BCUT2D eigenvalue weighted by atomic mass is 10.1. The predicted octanol–water partition coefficient (Wildman–Crippen LogP) is 3.85. The lowest BCUT2D eigenvalue weighted by Crippen LogP contribution is -2.30. The summed E-state index contributed by atoms with van der Waals surface area (Å²) in [4.78, 5) is 14.5. The Morgan fingerprint density at radius 2 is 1.81 bits per heavy atom. The number of halogens is 1.